The van der Waals surface area contributed by atoms with E-state index in [-0.39, 0.29) is 12.5 Å². The molecule has 3 N–H and O–H groups in total. The fourth-order valence-electron chi connectivity index (χ4n) is 4.88. The zero-order chi connectivity index (χ0) is 29.4. The quantitative estimate of drug-likeness (QED) is 0.0603. The van der Waals surface area contributed by atoms with Gasteiger partial charge in [0.05, 0.1) is 18.8 Å². The maximum absolute atomic E-state index is 12.3. The molecule has 0 aliphatic carbocycles. The fourth-order valence-corrected chi connectivity index (χ4v) is 4.88. The van der Waals surface area contributed by atoms with Crippen LogP contribution in [-0.2, 0) is 4.79 Å². The van der Waals surface area contributed by atoms with Crippen molar-refractivity contribution >= 4 is 5.91 Å². The molecule has 0 fully saturated rings. The maximum atomic E-state index is 12.3. The molecule has 0 aromatic rings. The Balaban J connectivity index is 3.68. The first-order valence-electron chi connectivity index (χ1n) is 17.2. The molecule has 4 heteroatoms. The van der Waals surface area contributed by atoms with Crippen molar-refractivity contribution in [2.45, 2.75) is 180 Å². The largest absolute Gasteiger partial charge is 0.394 e. The number of carbonyl (C=O) groups excluding carboxylic acids is 1. The molecule has 0 aliphatic rings. The lowest BCUT2D eigenvalue weighted by atomic mass is 10.1. The number of hydrogen-bond donors (Lipinski definition) is 3. The average molecular weight is 562 g/mol. The molecule has 234 valence electrons. The van der Waals surface area contributed by atoms with E-state index in [0.717, 1.165) is 38.5 Å². The number of unbranched alkanes of at least 4 members (excludes halogenated alkanes) is 19. The number of hydrogen-bond acceptors (Lipinski definition) is 3. The van der Waals surface area contributed by atoms with Crippen molar-refractivity contribution in [1.82, 2.24) is 5.32 Å². The lowest BCUT2D eigenvalue weighted by molar-refractivity contribution is -0.123. The minimum atomic E-state index is -0.844. The molecule has 0 saturated carbocycles. The number of carbonyl (C=O) groups is 1. The van der Waals surface area contributed by atoms with E-state index in [9.17, 15) is 15.0 Å². The summed E-state index contributed by atoms with van der Waals surface area (Å²) in [5.74, 6) is -0.0787. The summed E-state index contributed by atoms with van der Waals surface area (Å²) in [4.78, 5) is 12.3. The molecular weight excluding hydrogens is 494 g/mol. The molecule has 2 atom stereocenters. The van der Waals surface area contributed by atoms with Gasteiger partial charge in [0.1, 0.15) is 0 Å². The smallest absolute Gasteiger partial charge is 0.220 e. The second kappa shape index (κ2) is 32.1. The van der Waals surface area contributed by atoms with Gasteiger partial charge in [0.25, 0.3) is 0 Å². The zero-order valence-corrected chi connectivity index (χ0v) is 26.6. The van der Waals surface area contributed by atoms with Crippen molar-refractivity contribution in [3.8, 4) is 0 Å². The van der Waals surface area contributed by atoms with Gasteiger partial charge in [-0.25, -0.2) is 0 Å². The first-order chi connectivity index (χ1) is 19.7. The SMILES string of the molecule is CCC/C=C/CCCCCCCC/C=C/[C@@H](O)[C@H](CO)NC(=O)CCCCCCC/C=C/CCCCCCCC. The fraction of sp³-hybridized carbons (Fsp3) is 0.806. The van der Waals surface area contributed by atoms with Crippen molar-refractivity contribution in [2.24, 2.45) is 0 Å². The maximum Gasteiger partial charge on any atom is 0.220 e. The number of aliphatic hydroxyl groups excluding tert-OH is 2. The molecule has 0 unspecified atom stereocenters. The van der Waals surface area contributed by atoms with Crippen LogP contribution in [0.2, 0.25) is 0 Å². The Kier molecular flexibility index (Phi) is 31.0. The average Bonchev–Trinajstić information content (AvgIpc) is 2.96. The molecule has 0 aromatic heterocycles. The Morgan fingerprint density at radius 3 is 1.48 bits per heavy atom. The van der Waals surface area contributed by atoms with Crippen LogP contribution in [0.3, 0.4) is 0 Å². The first-order valence-corrected chi connectivity index (χ1v) is 17.2. The van der Waals surface area contributed by atoms with Crippen LogP contribution in [0.15, 0.2) is 36.5 Å². The second-order valence-electron chi connectivity index (χ2n) is 11.6. The van der Waals surface area contributed by atoms with Gasteiger partial charge in [-0.1, -0.05) is 134 Å². The minimum Gasteiger partial charge on any atom is -0.394 e. The van der Waals surface area contributed by atoms with Crippen LogP contribution < -0.4 is 5.32 Å². The van der Waals surface area contributed by atoms with E-state index in [1.54, 1.807) is 6.08 Å². The molecule has 0 heterocycles. The van der Waals surface area contributed by atoms with Gasteiger partial charge in [0.2, 0.25) is 5.91 Å². The van der Waals surface area contributed by atoms with E-state index in [1.165, 1.54) is 109 Å². The molecule has 40 heavy (non-hydrogen) atoms. The van der Waals surface area contributed by atoms with Crippen LogP contribution in [0.4, 0.5) is 0 Å². The predicted molar refractivity (Wildman–Crippen MR) is 175 cm³/mol. The van der Waals surface area contributed by atoms with E-state index < -0.39 is 12.1 Å². The number of aliphatic hydroxyl groups is 2. The van der Waals surface area contributed by atoms with Crippen LogP contribution >= 0.6 is 0 Å². The minimum absolute atomic E-state index is 0.0787. The number of nitrogens with one attached hydrogen (secondary N) is 1. The van der Waals surface area contributed by atoms with Gasteiger partial charge < -0.3 is 15.5 Å². The van der Waals surface area contributed by atoms with Gasteiger partial charge in [-0.3, -0.25) is 4.79 Å². The molecule has 0 bridgehead atoms. The summed E-state index contributed by atoms with van der Waals surface area (Å²) in [6.07, 6.45) is 40.7. The van der Waals surface area contributed by atoms with Gasteiger partial charge in [0, 0.05) is 6.42 Å². The topological polar surface area (TPSA) is 69.6 Å². The van der Waals surface area contributed by atoms with Gasteiger partial charge in [0.15, 0.2) is 0 Å². The van der Waals surface area contributed by atoms with Crippen LogP contribution in [0, 0.1) is 0 Å². The summed E-state index contributed by atoms with van der Waals surface area (Å²) < 4.78 is 0. The molecular formula is C36H67NO3. The van der Waals surface area contributed by atoms with E-state index in [4.69, 9.17) is 0 Å². The highest BCUT2D eigenvalue weighted by molar-refractivity contribution is 5.76. The molecule has 0 spiro atoms. The number of rotatable bonds is 30. The Morgan fingerprint density at radius 1 is 0.575 bits per heavy atom. The van der Waals surface area contributed by atoms with Crippen molar-refractivity contribution < 1.29 is 15.0 Å². The Morgan fingerprint density at radius 2 is 1.00 bits per heavy atom. The molecule has 1 amide bonds. The van der Waals surface area contributed by atoms with Gasteiger partial charge >= 0.3 is 0 Å². The van der Waals surface area contributed by atoms with Crippen molar-refractivity contribution in [3.05, 3.63) is 36.5 Å². The molecule has 0 saturated heterocycles. The number of allylic oxidation sites excluding steroid dienone is 5. The van der Waals surface area contributed by atoms with E-state index in [2.05, 4.69) is 43.5 Å². The number of amides is 1. The third-order valence-corrected chi connectivity index (χ3v) is 7.57. The van der Waals surface area contributed by atoms with Crippen molar-refractivity contribution in [2.75, 3.05) is 6.61 Å². The van der Waals surface area contributed by atoms with Crippen LogP contribution in [0.1, 0.15) is 168 Å². The van der Waals surface area contributed by atoms with Gasteiger partial charge in [-0.05, 0) is 64.2 Å². The van der Waals surface area contributed by atoms with Crippen LogP contribution in [-0.4, -0.2) is 34.9 Å². The Hall–Kier alpha value is -1.39. The zero-order valence-electron chi connectivity index (χ0n) is 26.6. The highest BCUT2D eigenvalue weighted by Gasteiger charge is 2.17. The lowest BCUT2D eigenvalue weighted by Crippen LogP contribution is -2.45. The predicted octanol–water partition coefficient (Wildman–Crippen LogP) is 9.90. The summed E-state index contributed by atoms with van der Waals surface area (Å²) in [5, 5.41) is 22.8. The molecule has 0 rings (SSSR count). The summed E-state index contributed by atoms with van der Waals surface area (Å²) >= 11 is 0. The molecule has 4 nitrogen and oxygen atoms in total. The highest BCUT2D eigenvalue weighted by atomic mass is 16.3. The van der Waals surface area contributed by atoms with E-state index >= 15 is 0 Å². The third kappa shape index (κ3) is 28.1. The normalized spacial score (nSPS) is 13.6. The molecule has 0 radical (unpaired) electrons. The standard InChI is InChI=1S/C36H67NO3/c1-3-5-7-9-11-13-15-17-18-20-22-24-26-28-30-32-36(40)37-34(33-38)35(39)31-29-27-25-23-21-19-16-14-12-10-8-6-4-2/h8,10,17-18,29,31,34-35,38-39H,3-7,9,11-16,19-28,30,32-33H2,1-2H3,(H,37,40)/b10-8+,18-17+,31-29+/t34-,35+/m0/s1. The monoisotopic (exact) mass is 562 g/mol. The van der Waals surface area contributed by atoms with Gasteiger partial charge in [-0.15, -0.1) is 0 Å². The van der Waals surface area contributed by atoms with Crippen LogP contribution in [0.5, 0.6) is 0 Å². The summed E-state index contributed by atoms with van der Waals surface area (Å²) in [6.45, 7) is 4.22. The Labute approximate surface area is 249 Å². The summed E-state index contributed by atoms with van der Waals surface area (Å²) in [6, 6.07) is -0.627. The summed E-state index contributed by atoms with van der Waals surface area (Å²) in [5.41, 5.74) is 0. The lowest BCUT2D eigenvalue weighted by Gasteiger charge is -2.20. The Bertz CT molecular complexity index is 613. The first kappa shape index (κ1) is 38.6. The summed E-state index contributed by atoms with van der Waals surface area (Å²) in [7, 11) is 0. The molecule has 0 aromatic carbocycles. The second-order valence-corrected chi connectivity index (χ2v) is 11.6. The van der Waals surface area contributed by atoms with E-state index in [1.807, 2.05) is 6.08 Å². The van der Waals surface area contributed by atoms with Crippen LogP contribution in [0.25, 0.3) is 0 Å². The van der Waals surface area contributed by atoms with Crippen molar-refractivity contribution in [1.29, 1.82) is 0 Å². The van der Waals surface area contributed by atoms with E-state index in [0.29, 0.717) is 6.42 Å². The molecule has 0 aliphatic heterocycles. The third-order valence-electron chi connectivity index (χ3n) is 7.57. The van der Waals surface area contributed by atoms with Gasteiger partial charge in [-0.2, -0.15) is 0 Å². The highest BCUT2D eigenvalue weighted by Crippen LogP contribution is 2.12. The van der Waals surface area contributed by atoms with Crippen molar-refractivity contribution in [3.63, 3.8) is 0 Å².